The Kier molecular flexibility index (Phi) is 34.6. The van der Waals surface area contributed by atoms with Gasteiger partial charge in [0.2, 0.25) is 76.9 Å². The Bertz CT molecular complexity index is 5000. The molecule has 41 nitrogen and oxygen atoms in total. The van der Waals surface area contributed by atoms with Gasteiger partial charge in [-0.15, -0.1) is 0 Å². The molecular weight excluding hydrogens is 1810 g/mol. The van der Waals surface area contributed by atoms with Gasteiger partial charge >= 0.3 is 11.9 Å². The van der Waals surface area contributed by atoms with Crippen LogP contribution in [0.15, 0.2) is 117 Å². The van der Waals surface area contributed by atoms with Gasteiger partial charge in [-0.25, -0.2) is 24.5 Å². The number of hydrogen-bond donors (Lipinski definition) is 16. The number of halogens is 3. The summed E-state index contributed by atoms with van der Waals surface area (Å²) >= 11 is 10.2. The minimum atomic E-state index is -1.29. The van der Waals surface area contributed by atoms with Gasteiger partial charge in [0, 0.05) is 124 Å². The number of ether oxygens (including phenoxy) is 4. The summed E-state index contributed by atoms with van der Waals surface area (Å²) in [4.78, 5) is 196. The van der Waals surface area contributed by atoms with E-state index in [1.165, 1.54) is 52.5 Å². The van der Waals surface area contributed by atoms with Crippen LogP contribution in [0.25, 0.3) is 0 Å². The number of ketones is 2. The van der Waals surface area contributed by atoms with Crippen LogP contribution in [0.4, 0.5) is 69.4 Å². The first-order valence-electron chi connectivity index (χ1n) is 39.1. The van der Waals surface area contributed by atoms with Gasteiger partial charge in [-0.3, -0.25) is 57.5 Å². The predicted molar refractivity (Wildman–Crippen MR) is 467 cm³/mol. The average molecular weight is 1910 g/mol. The number of anilines is 12. The monoisotopic (exact) mass is 1910 g/mol. The van der Waals surface area contributed by atoms with E-state index in [1.807, 2.05) is 0 Å². The number of nitrogens with one attached hydrogen (secondary N) is 12. The Morgan fingerprint density at radius 2 is 0.911 bits per heavy atom. The summed E-state index contributed by atoms with van der Waals surface area (Å²) < 4.78 is 23.3. The number of carbonyl (C=O) groups is 14. The van der Waals surface area contributed by atoms with E-state index in [-0.39, 0.29) is 61.8 Å². The number of likely N-dealkylation sites (tertiary alicyclic amines) is 1. The molecule has 6 aromatic rings. The SMILES string of the molecule is C=CC(=O)CCC(=O)Nc1cccc(Nc2ncc(Br)c(NCCCNC(=O)C(C)(C)C(N)=O)n2)c1.CC(C)(C(N)=O)C(=O)NCCCNc1nc(Nc2cccc(NC(=O)CC(N)C(=O)N3C[C@H]4C[C@@H]3C(=O)O4)c2)ncc1Br.CC1(C)OC2C(=O)OC(C(=O)CCC(=O)Nc3cccc(Nc4ncc(Br)c(NCCCNC(=O)C(C)(C)C(N)=O)n4)c3)C2O1. The molecule has 0 aliphatic carbocycles. The van der Waals surface area contributed by atoms with E-state index < -0.39 is 123 Å². The number of morpholine rings is 1. The zero-order valence-corrected chi connectivity index (χ0v) is 73.9. The number of carbonyl (C=O) groups excluding carboxylic acids is 14. The van der Waals surface area contributed by atoms with Gasteiger partial charge in [0.1, 0.15) is 51.9 Å². The van der Waals surface area contributed by atoms with Crippen molar-refractivity contribution in [2.45, 2.75) is 155 Å². The molecule has 2 bridgehead atoms. The molecule has 0 radical (unpaired) electrons. The highest BCUT2D eigenvalue weighted by molar-refractivity contribution is 9.11. The number of rotatable bonds is 41. The van der Waals surface area contributed by atoms with Gasteiger partial charge in [-0.1, -0.05) is 24.8 Å². The zero-order valence-electron chi connectivity index (χ0n) is 69.1. The lowest BCUT2D eigenvalue weighted by Crippen LogP contribution is -2.51. The third-order valence-electron chi connectivity index (χ3n) is 19.3. The van der Waals surface area contributed by atoms with E-state index in [1.54, 1.807) is 105 Å². The number of esters is 2. The Balaban J connectivity index is 0.000000232. The first-order chi connectivity index (χ1) is 58.5. The molecule has 7 heterocycles. The van der Waals surface area contributed by atoms with Crippen molar-refractivity contribution in [1.82, 2.24) is 50.8 Å². The summed E-state index contributed by atoms with van der Waals surface area (Å²) in [5.74, 6) is -5.16. The molecule has 0 spiro atoms. The van der Waals surface area contributed by atoms with Crippen molar-refractivity contribution in [3.8, 4) is 0 Å². The largest absolute Gasteiger partial charge is 0.459 e. The van der Waals surface area contributed by atoms with Crippen molar-refractivity contribution in [2.24, 2.45) is 39.2 Å². The molecule has 10 rings (SSSR count). The van der Waals surface area contributed by atoms with E-state index in [2.05, 4.69) is 148 Å². The molecule has 3 aromatic heterocycles. The molecule has 6 atom stereocenters. The molecule has 44 heteroatoms. The number of aromatic nitrogens is 6. The van der Waals surface area contributed by atoms with Crippen molar-refractivity contribution in [2.75, 3.05) is 93.7 Å². The Morgan fingerprint density at radius 1 is 0.532 bits per heavy atom. The molecule has 0 saturated carbocycles. The summed E-state index contributed by atoms with van der Waals surface area (Å²) in [7, 11) is 0. The summed E-state index contributed by atoms with van der Waals surface area (Å²) in [6.45, 7) is 18.3. The summed E-state index contributed by atoms with van der Waals surface area (Å²) in [5, 5.41) is 35.1. The molecule has 4 aliphatic heterocycles. The molecular formula is C80H100Br3N23O18. The lowest BCUT2D eigenvalue weighted by atomic mass is 9.91. The smallest absolute Gasteiger partial charge is 0.339 e. The number of fused-ring (bicyclic) bond motifs is 3. The van der Waals surface area contributed by atoms with Gasteiger partial charge in [-0.2, -0.15) is 15.0 Å². The first kappa shape index (κ1) is 97.2. The first-order valence-corrected chi connectivity index (χ1v) is 41.5. The van der Waals surface area contributed by atoms with Crippen molar-refractivity contribution in [3.05, 3.63) is 117 Å². The number of Topliss-reactive ketones (excluding diaryl/α,β-unsaturated/α-hetero) is 1. The third kappa shape index (κ3) is 28.1. The fourth-order valence-electron chi connectivity index (χ4n) is 11.7. The van der Waals surface area contributed by atoms with E-state index in [4.69, 9.17) is 41.9 Å². The molecule has 4 aliphatic rings. The molecule has 10 amide bonds. The normalized spacial score (nSPS) is 16.7. The maximum absolute atomic E-state index is 12.7. The standard InChI is InChI=1S/C29H36BrN7O8.C27H34BrN9O6.C24H30BrN7O4/c1-28(2,25(31)41)26(42)33-12-6-11-32-23-17(30)14-34-27(37-23)36-16-8-5-7-15(13-16)35-19(39)10-9-18(38)20-21-22(24(40)43-20)45-29(3,4)44-21;1-27(2,24(30)41)25(42)32-8-4-7-31-21-17(28)12-33-26(36-21)35-15-6-3-5-14(9-15)34-20(38)11-18(29)22(39)37-13-16-10-19(37)23(40)43-16;1-4-17(33)9-10-19(34)30-15-7-5-8-16(13-15)31-23-29-14-18(25)20(32-23)27-11-6-12-28-22(36)24(2,3)21(26)35/h5,7-8,13-14,20-22H,6,9-12H2,1-4H3,(H2,31,41)(H,33,42)(H,35,39)(H2,32,34,36,37);3,5-6,9,12,16,18-19H,4,7-8,10-11,13,29H2,1-2H3,(H2,30,41)(H,32,42)(H,34,38)(H2,31,33,35,36);4-5,7-8,13-14H,1,6,9-12H2,2-3H3,(H2,26,35)(H,28,36)(H,30,34)(H2,27,29,31,32)/t;16-,18?,19-;/m.1./s1. The highest BCUT2D eigenvalue weighted by Crippen LogP contribution is 2.38. The zero-order chi connectivity index (χ0) is 91.0. The summed E-state index contributed by atoms with van der Waals surface area (Å²) in [5.41, 5.74) is 21.3. The highest BCUT2D eigenvalue weighted by atomic mass is 79.9. The predicted octanol–water partition coefficient (Wildman–Crippen LogP) is 5.63. The highest BCUT2D eigenvalue weighted by Gasteiger charge is 2.58. The summed E-state index contributed by atoms with van der Waals surface area (Å²) in [6, 6.07) is 19.0. The van der Waals surface area contributed by atoms with Gasteiger partial charge < -0.3 is 111 Å². The molecule has 4 saturated heterocycles. The number of allylic oxidation sites excluding steroid dienone is 1. The lowest BCUT2D eigenvalue weighted by molar-refractivity contribution is -0.188. The number of primary amides is 3. The molecule has 4 unspecified atom stereocenters. The van der Waals surface area contributed by atoms with Crippen LogP contribution in [0.3, 0.4) is 0 Å². The third-order valence-corrected chi connectivity index (χ3v) is 21.0. The van der Waals surface area contributed by atoms with Crippen LogP contribution in [0, 0.1) is 16.2 Å². The van der Waals surface area contributed by atoms with E-state index in [9.17, 15) is 67.1 Å². The number of nitrogens with two attached hydrogens (primary N) is 4. The minimum absolute atomic E-state index is 0.0694. The lowest BCUT2D eigenvalue weighted by Gasteiger charge is -2.28. The average Bonchev–Trinajstić information content (AvgIpc) is 1.62. The molecule has 4 fully saturated rings. The van der Waals surface area contributed by atoms with Crippen molar-refractivity contribution < 1.29 is 86.1 Å². The van der Waals surface area contributed by atoms with Crippen molar-refractivity contribution >= 4 is 200 Å². The van der Waals surface area contributed by atoms with Gasteiger partial charge in [0.25, 0.3) is 0 Å². The quantitative estimate of drug-likeness (QED) is 0.00957. The number of amides is 10. The molecule has 3 aromatic carbocycles. The van der Waals surface area contributed by atoms with Gasteiger partial charge in [0.15, 0.2) is 29.6 Å². The maximum Gasteiger partial charge on any atom is 0.339 e. The molecule has 124 heavy (non-hydrogen) atoms. The second-order valence-corrected chi connectivity index (χ2v) is 33.2. The van der Waals surface area contributed by atoms with E-state index >= 15 is 0 Å². The van der Waals surface area contributed by atoms with Crippen molar-refractivity contribution in [1.29, 1.82) is 0 Å². The van der Waals surface area contributed by atoms with Crippen LogP contribution in [0.1, 0.15) is 113 Å². The van der Waals surface area contributed by atoms with Gasteiger partial charge in [0.05, 0.1) is 32.4 Å². The van der Waals surface area contributed by atoms with Crippen LogP contribution in [0.2, 0.25) is 0 Å². The Hall–Kier alpha value is -12.3. The van der Waals surface area contributed by atoms with Crippen LogP contribution < -0.4 is 86.7 Å². The Labute approximate surface area is 738 Å². The number of hydrogen-bond acceptors (Lipinski definition) is 31. The number of nitrogens with zero attached hydrogens (tertiary/aromatic N) is 7. The second-order valence-electron chi connectivity index (χ2n) is 30.6. The Morgan fingerprint density at radius 3 is 1.28 bits per heavy atom. The fraction of sp³-hybridized carbons (Fsp3) is 0.425. The van der Waals surface area contributed by atoms with Gasteiger partial charge in [-0.05, 0) is 183 Å². The molecule has 664 valence electrons. The number of benzene rings is 3. The molecule has 20 N–H and O–H groups in total. The topological polar surface area (TPSA) is 605 Å². The van der Waals surface area contributed by atoms with Crippen LogP contribution in [-0.2, 0) is 86.1 Å². The van der Waals surface area contributed by atoms with Crippen LogP contribution >= 0.6 is 47.8 Å². The summed E-state index contributed by atoms with van der Waals surface area (Å²) in [6.07, 6.45) is 4.54. The fourth-order valence-corrected chi connectivity index (χ4v) is 12.7. The minimum Gasteiger partial charge on any atom is -0.459 e. The van der Waals surface area contributed by atoms with Crippen molar-refractivity contribution in [3.63, 3.8) is 0 Å². The van der Waals surface area contributed by atoms with E-state index in [0.29, 0.717) is 142 Å². The van der Waals surface area contributed by atoms with Crippen LogP contribution in [-0.4, -0.2) is 205 Å². The maximum atomic E-state index is 12.7. The van der Waals surface area contributed by atoms with E-state index in [0.717, 1.165) is 0 Å². The van der Waals surface area contributed by atoms with Crippen LogP contribution in [0.5, 0.6) is 0 Å². The number of cyclic esters (lactones) is 1. The second kappa shape index (κ2) is 44.2.